The molecule has 4 nitrogen and oxygen atoms in total. The van der Waals surface area contributed by atoms with Gasteiger partial charge in [0.05, 0.1) is 11.8 Å². The third-order valence-corrected chi connectivity index (χ3v) is 6.24. The van der Waals surface area contributed by atoms with Crippen LogP contribution in [0.4, 0.5) is 0 Å². The molecule has 2 bridgehead atoms. The van der Waals surface area contributed by atoms with Crippen LogP contribution in [0.5, 0.6) is 0 Å². The standard InChI is InChI=1S/C18H29NO3/c1-10-6-13(9-18(2,3)8-10)19-16(20)14-11-4-5-12(7-11)15(14)17(21)22/h10-15H,4-9H2,1-3H3,(H,19,20)(H,21,22)/t10-,11+,12-,13-,14+,15-/m0/s1. The molecule has 0 unspecified atom stereocenters. The van der Waals surface area contributed by atoms with Gasteiger partial charge < -0.3 is 10.4 Å². The van der Waals surface area contributed by atoms with Crippen LogP contribution in [0.2, 0.25) is 0 Å². The topological polar surface area (TPSA) is 66.4 Å². The predicted octanol–water partition coefficient (Wildman–Crippen LogP) is 3.06. The van der Waals surface area contributed by atoms with Gasteiger partial charge in [-0.25, -0.2) is 0 Å². The van der Waals surface area contributed by atoms with Crippen molar-refractivity contribution in [2.24, 2.45) is 35.0 Å². The molecule has 3 fully saturated rings. The van der Waals surface area contributed by atoms with Crippen LogP contribution in [-0.2, 0) is 9.59 Å². The summed E-state index contributed by atoms with van der Waals surface area (Å²) in [6.07, 6.45) is 6.17. The number of amides is 1. The van der Waals surface area contributed by atoms with Crippen molar-refractivity contribution in [3.63, 3.8) is 0 Å². The average molecular weight is 307 g/mol. The Morgan fingerprint density at radius 1 is 1.05 bits per heavy atom. The van der Waals surface area contributed by atoms with Gasteiger partial charge in [0.1, 0.15) is 0 Å². The second-order valence-corrected chi connectivity index (χ2v) is 8.84. The van der Waals surface area contributed by atoms with Crippen LogP contribution in [0.3, 0.4) is 0 Å². The molecule has 0 spiro atoms. The molecule has 6 atom stereocenters. The van der Waals surface area contributed by atoms with E-state index in [4.69, 9.17) is 0 Å². The summed E-state index contributed by atoms with van der Waals surface area (Å²) < 4.78 is 0. The van der Waals surface area contributed by atoms with Crippen molar-refractivity contribution >= 4 is 11.9 Å². The maximum absolute atomic E-state index is 12.8. The Kier molecular flexibility index (Phi) is 3.98. The number of hydrogen-bond acceptors (Lipinski definition) is 2. The Morgan fingerprint density at radius 2 is 1.68 bits per heavy atom. The zero-order valence-corrected chi connectivity index (χ0v) is 14.0. The maximum atomic E-state index is 12.8. The van der Waals surface area contributed by atoms with Crippen LogP contribution in [0.1, 0.15) is 59.3 Å². The Morgan fingerprint density at radius 3 is 2.27 bits per heavy atom. The Balaban J connectivity index is 1.68. The zero-order chi connectivity index (χ0) is 16.1. The lowest BCUT2D eigenvalue weighted by molar-refractivity contribution is -0.149. The molecule has 0 saturated heterocycles. The highest BCUT2D eigenvalue weighted by atomic mass is 16.4. The van der Waals surface area contributed by atoms with Gasteiger partial charge in [-0.1, -0.05) is 20.8 Å². The van der Waals surface area contributed by atoms with Gasteiger partial charge in [-0.15, -0.1) is 0 Å². The molecule has 2 N–H and O–H groups in total. The fraction of sp³-hybridized carbons (Fsp3) is 0.889. The number of rotatable bonds is 3. The maximum Gasteiger partial charge on any atom is 0.307 e. The van der Waals surface area contributed by atoms with Crippen LogP contribution < -0.4 is 5.32 Å². The average Bonchev–Trinajstić information content (AvgIpc) is 2.95. The van der Waals surface area contributed by atoms with E-state index in [2.05, 4.69) is 26.1 Å². The molecular weight excluding hydrogens is 278 g/mol. The van der Waals surface area contributed by atoms with Crippen molar-refractivity contribution < 1.29 is 14.7 Å². The van der Waals surface area contributed by atoms with Gasteiger partial charge in [-0.2, -0.15) is 0 Å². The molecule has 1 amide bonds. The lowest BCUT2D eigenvalue weighted by Gasteiger charge is -2.40. The smallest absolute Gasteiger partial charge is 0.307 e. The predicted molar refractivity (Wildman–Crippen MR) is 84.2 cm³/mol. The van der Waals surface area contributed by atoms with Crippen molar-refractivity contribution in [3.8, 4) is 0 Å². The van der Waals surface area contributed by atoms with E-state index in [1.165, 1.54) is 6.42 Å². The SMILES string of the molecule is C[C@H]1C[C@H](NC(=O)[C@@H]2[C@@H]3CC[C@@H](C3)[C@@H]2C(=O)O)CC(C)(C)C1. The molecule has 0 aliphatic heterocycles. The van der Waals surface area contributed by atoms with Crippen molar-refractivity contribution in [1.29, 1.82) is 0 Å². The van der Waals surface area contributed by atoms with Gasteiger partial charge in [-0.3, -0.25) is 9.59 Å². The molecule has 3 saturated carbocycles. The van der Waals surface area contributed by atoms with Crippen molar-refractivity contribution in [3.05, 3.63) is 0 Å². The molecule has 3 aliphatic carbocycles. The minimum absolute atomic E-state index is 0.00880. The van der Waals surface area contributed by atoms with E-state index in [-0.39, 0.29) is 29.2 Å². The van der Waals surface area contributed by atoms with E-state index < -0.39 is 11.9 Å². The van der Waals surface area contributed by atoms with Crippen molar-refractivity contribution in [2.45, 2.75) is 65.3 Å². The van der Waals surface area contributed by atoms with Gasteiger partial charge >= 0.3 is 5.97 Å². The lowest BCUT2D eigenvalue weighted by Crippen LogP contribution is -2.48. The fourth-order valence-corrected chi connectivity index (χ4v) is 5.78. The molecule has 22 heavy (non-hydrogen) atoms. The third-order valence-electron chi connectivity index (χ3n) is 6.24. The second kappa shape index (κ2) is 5.54. The first-order valence-corrected chi connectivity index (χ1v) is 8.80. The highest BCUT2D eigenvalue weighted by molar-refractivity contribution is 5.86. The van der Waals surface area contributed by atoms with Gasteiger partial charge in [0.15, 0.2) is 0 Å². The summed E-state index contributed by atoms with van der Waals surface area (Å²) in [4.78, 5) is 24.3. The molecule has 0 aromatic carbocycles. The quantitative estimate of drug-likeness (QED) is 0.842. The summed E-state index contributed by atoms with van der Waals surface area (Å²) in [5.41, 5.74) is 0.260. The first-order valence-electron chi connectivity index (χ1n) is 8.80. The summed E-state index contributed by atoms with van der Waals surface area (Å²) in [7, 11) is 0. The van der Waals surface area contributed by atoms with Crippen molar-refractivity contribution in [1.82, 2.24) is 5.32 Å². The van der Waals surface area contributed by atoms with Crippen molar-refractivity contribution in [2.75, 3.05) is 0 Å². The van der Waals surface area contributed by atoms with Crippen LogP contribution >= 0.6 is 0 Å². The molecule has 0 radical (unpaired) electrons. The number of carbonyl (C=O) groups is 2. The number of fused-ring (bicyclic) bond motifs is 2. The molecule has 4 heteroatoms. The van der Waals surface area contributed by atoms with Crippen LogP contribution in [-0.4, -0.2) is 23.0 Å². The van der Waals surface area contributed by atoms with E-state index in [0.717, 1.165) is 32.1 Å². The normalized spacial score (nSPS) is 43.0. The molecule has 0 aromatic rings. The fourth-order valence-electron chi connectivity index (χ4n) is 5.78. The summed E-state index contributed by atoms with van der Waals surface area (Å²) in [5, 5.41) is 12.7. The van der Waals surface area contributed by atoms with Gasteiger partial charge in [-0.05, 0) is 61.7 Å². The molecule has 0 aromatic heterocycles. The molecule has 3 rings (SSSR count). The molecule has 124 valence electrons. The highest BCUT2D eigenvalue weighted by Crippen LogP contribution is 2.52. The summed E-state index contributed by atoms with van der Waals surface area (Å²) in [6, 6.07) is 0.208. The second-order valence-electron chi connectivity index (χ2n) is 8.84. The minimum atomic E-state index is -0.773. The van der Waals surface area contributed by atoms with E-state index in [1.807, 2.05) is 0 Å². The number of nitrogens with one attached hydrogen (secondary N) is 1. The first-order chi connectivity index (χ1) is 10.3. The van der Waals surface area contributed by atoms with Gasteiger partial charge in [0.25, 0.3) is 0 Å². The molecule has 3 aliphatic rings. The minimum Gasteiger partial charge on any atom is -0.481 e. The number of carbonyl (C=O) groups excluding carboxylic acids is 1. The third kappa shape index (κ3) is 2.89. The Bertz CT molecular complexity index is 473. The summed E-state index contributed by atoms with van der Waals surface area (Å²) in [5.74, 6) is -0.381. The monoisotopic (exact) mass is 307 g/mol. The number of aliphatic carboxylic acids is 1. The van der Waals surface area contributed by atoms with Crippen LogP contribution in [0.25, 0.3) is 0 Å². The largest absolute Gasteiger partial charge is 0.481 e. The van der Waals surface area contributed by atoms with Gasteiger partial charge in [0, 0.05) is 6.04 Å². The van der Waals surface area contributed by atoms with E-state index in [0.29, 0.717) is 11.8 Å². The van der Waals surface area contributed by atoms with Crippen LogP contribution in [0, 0.1) is 35.0 Å². The molecule has 0 heterocycles. The number of carboxylic acid groups (broad SMARTS) is 1. The zero-order valence-electron chi connectivity index (χ0n) is 14.0. The van der Waals surface area contributed by atoms with Crippen LogP contribution in [0.15, 0.2) is 0 Å². The summed E-state index contributed by atoms with van der Waals surface area (Å²) >= 11 is 0. The first kappa shape index (κ1) is 15.8. The number of hydrogen-bond donors (Lipinski definition) is 2. The van der Waals surface area contributed by atoms with Gasteiger partial charge in [0.2, 0.25) is 5.91 Å². The Hall–Kier alpha value is -1.06. The Labute approximate surface area is 133 Å². The van der Waals surface area contributed by atoms with E-state index >= 15 is 0 Å². The summed E-state index contributed by atoms with van der Waals surface area (Å²) in [6.45, 7) is 6.77. The highest BCUT2D eigenvalue weighted by Gasteiger charge is 2.54. The lowest BCUT2D eigenvalue weighted by atomic mass is 9.70. The van der Waals surface area contributed by atoms with E-state index in [9.17, 15) is 14.7 Å². The molecular formula is C18H29NO3. The number of carboxylic acids is 1. The van der Waals surface area contributed by atoms with E-state index in [1.54, 1.807) is 0 Å².